The summed E-state index contributed by atoms with van der Waals surface area (Å²) in [6.07, 6.45) is 0. The molecule has 0 aliphatic rings. The third kappa shape index (κ3) is 2.02. The Morgan fingerprint density at radius 1 is 1.11 bits per heavy atom. The number of rotatable bonds is 2. The molecule has 0 atom stereocenters. The minimum atomic E-state index is 0.711. The Morgan fingerprint density at radius 3 is 2.53 bits per heavy atom. The Balaban J connectivity index is 2.19. The van der Waals surface area contributed by atoms with Gasteiger partial charge >= 0.3 is 0 Å². The van der Waals surface area contributed by atoms with Crippen molar-refractivity contribution in [3.8, 4) is 17.0 Å². The zero-order chi connectivity index (χ0) is 13.4. The molecule has 3 rings (SSSR count). The summed E-state index contributed by atoms with van der Waals surface area (Å²) < 4.78 is 5.21. The first-order chi connectivity index (χ1) is 9.19. The van der Waals surface area contributed by atoms with Crippen LogP contribution in [0.25, 0.3) is 22.2 Å². The van der Waals surface area contributed by atoms with Crippen LogP contribution in [0.2, 0.25) is 5.02 Å². The number of fused-ring (bicyclic) bond motifs is 1. The molecule has 0 unspecified atom stereocenters. The second-order valence-corrected chi connectivity index (χ2v) is 4.73. The van der Waals surface area contributed by atoms with Crippen molar-refractivity contribution in [1.29, 1.82) is 0 Å². The van der Waals surface area contributed by atoms with E-state index in [1.54, 1.807) is 7.11 Å². The molecule has 0 bridgehead atoms. The Kier molecular flexibility index (Phi) is 2.84. The van der Waals surface area contributed by atoms with E-state index in [2.05, 4.69) is 4.98 Å². The lowest BCUT2D eigenvalue weighted by molar-refractivity contribution is 0.415. The summed E-state index contributed by atoms with van der Waals surface area (Å²) in [7, 11) is 1.65. The van der Waals surface area contributed by atoms with Gasteiger partial charge in [0.05, 0.1) is 23.3 Å². The standard InChI is InChI=1S/C15H13ClN2O/c1-19-11-6-7-12-13(8-11)18-15(14(12)16)9-2-4-10(17)5-3-9/h2-8,18H,17H2,1H3. The van der Waals surface area contributed by atoms with Crippen LogP contribution in [0.3, 0.4) is 0 Å². The smallest absolute Gasteiger partial charge is 0.120 e. The molecule has 19 heavy (non-hydrogen) atoms. The van der Waals surface area contributed by atoms with Crippen LogP contribution in [0, 0.1) is 0 Å². The summed E-state index contributed by atoms with van der Waals surface area (Å²) in [4.78, 5) is 3.32. The van der Waals surface area contributed by atoms with Crippen molar-refractivity contribution in [3.63, 3.8) is 0 Å². The van der Waals surface area contributed by atoms with Crippen molar-refractivity contribution < 1.29 is 4.74 Å². The van der Waals surface area contributed by atoms with Crippen LogP contribution in [-0.4, -0.2) is 12.1 Å². The molecule has 0 radical (unpaired) electrons. The van der Waals surface area contributed by atoms with Crippen LogP contribution in [0.5, 0.6) is 5.75 Å². The van der Waals surface area contributed by atoms with E-state index in [0.29, 0.717) is 5.02 Å². The Bertz CT molecular complexity index is 732. The van der Waals surface area contributed by atoms with E-state index >= 15 is 0 Å². The summed E-state index contributed by atoms with van der Waals surface area (Å²) in [6, 6.07) is 13.4. The van der Waals surface area contributed by atoms with Gasteiger partial charge in [0.2, 0.25) is 0 Å². The lowest BCUT2D eigenvalue weighted by atomic mass is 10.1. The highest BCUT2D eigenvalue weighted by atomic mass is 35.5. The topological polar surface area (TPSA) is 51.0 Å². The molecule has 3 aromatic rings. The lowest BCUT2D eigenvalue weighted by Gasteiger charge is -1.99. The maximum absolute atomic E-state index is 6.42. The molecule has 3 nitrogen and oxygen atoms in total. The number of aromatic nitrogens is 1. The van der Waals surface area contributed by atoms with Gasteiger partial charge in [-0.15, -0.1) is 0 Å². The van der Waals surface area contributed by atoms with E-state index < -0.39 is 0 Å². The number of hydrogen-bond donors (Lipinski definition) is 2. The fourth-order valence-electron chi connectivity index (χ4n) is 2.12. The molecule has 2 aromatic carbocycles. The number of ether oxygens (including phenoxy) is 1. The van der Waals surface area contributed by atoms with Crippen molar-refractivity contribution in [2.75, 3.05) is 12.8 Å². The van der Waals surface area contributed by atoms with Crippen LogP contribution in [0.4, 0.5) is 5.69 Å². The minimum absolute atomic E-state index is 0.711. The number of benzene rings is 2. The van der Waals surface area contributed by atoms with Gasteiger partial charge in [-0.2, -0.15) is 0 Å². The quantitative estimate of drug-likeness (QED) is 0.691. The van der Waals surface area contributed by atoms with E-state index in [9.17, 15) is 0 Å². The number of nitrogens with two attached hydrogens (primary N) is 1. The molecule has 0 saturated carbocycles. The Morgan fingerprint density at radius 2 is 1.84 bits per heavy atom. The zero-order valence-electron chi connectivity index (χ0n) is 10.4. The number of hydrogen-bond acceptors (Lipinski definition) is 2. The molecule has 0 spiro atoms. The van der Waals surface area contributed by atoms with Crippen LogP contribution >= 0.6 is 11.6 Å². The number of nitrogen functional groups attached to an aromatic ring is 1. The second-order valence-electron chi connectivity index (χ2n) is 4.35. The number of aromatic amines is 1. The second kappa shape index (κ2) is 4.52. The highest BCUT2D eigenvalue weighted by Gasteiger charge is 2.11. The van der Waals surface area contributed by atoms with E-state index in [0.717, 1.165) is 33.6 Å². The fourth-order valence-corrected chi connectivity index (χ4v) is 2.44. The van der Waals surface area contributed by atoms with Gasteiger partial charge in [-0.25, -0.2) is 0 Å². The van der Waals surface area contributed by atoms with Crippen LogP contribution in [0.1, 0.15) is 0 Å². The number of anilines is 1. The van der Waals surface area contributed by atoms with Gasteiger partial charge < -0.3 is 15.5 Å². The van der Waals surface area contributed by atoms with Crippen molar-refractivity contribution in [2.24, 2.45) is 0 Å². The van der Waals surface area contributed by atoms with Crippen molar-refractivity contribution in [3.05, 3.63) is 47.5 Å². The molecule has 0 saturated heterocycles. The molecule has 0 amide bonds. The largest absolute Gasteiger partial charge is 0.497 e. The molecular weight excluding hydrogens is 260 g/mol. The molecule has 0 fully saturated rings. The average molecular weight is 273 g/mol. The molecule has 4 heteroatoms. The molecule has 0 aliphatic heterocycles. The van der Waals surface area contributed by atoms with Crippen molar-refractivity contribution >= 4 is 28.2 Å². The third-order valence-corrected chi connectivity index (χ3v) is 3.53. The van der Waals surface area contributed by atoms with Gasteiger partial charge in [-0.3, -0.25) is 0 Å². The minimum Gasteiger partial charge on any atom is -0.497 e. The van der Waals surface area contributed by atoms with E-state index in [-0.39, 0.29) is 0 Å². The molecule has 1 aromatic heterocycles. The maximum Gasteiger partial charge on any atom is 0.120 e. The normalized spacial score (nSPS) is 10.8. The monoisotopic (exact) mass is 272 g/mol. The maximum atomic E-state index is 6.42. The SMILES string of the molecule is COc1ccc2c(Cl)c(-c3ccc(N)cc3)[nH]c2c1. The van der Waals surface area contributed by atoms with E-state index in [1.165, 1.54) is 0 Å². The number of H-pyrrole nitrogens is 1. The fraction of sp³-hybridized carbons (Fsp3) is 0.0667. The number of nitrogens with one attached hydrogen (secondary N) is 1. The first-order valence-corrected chi connectivity index (χ1v) is 6.28. The van der Waals surface area contributed by atoms with Gasteiger partial charge in [0.15, 0.2) is 0 Å². The van der Waals surface area contributed by atoms with Crippen LogP contribution < -0.4 is 10.5 Å². The molecule has 96 valence electrons. The van der Waals surface area contributed by atoms with Crippen molar-refractivity contribution in [1.82, 2.24) is 4.98 Å². The van der Waals surface area contributed by atoms with Crippen LogP contribution in [-0.2, 0) is 0 Å². The predicted molar refractivity (Wildman–Crippen MR) is 79.7 cm³/mol. The summed E-state index contributed by atoms with van der Waals surface area (Å²) >= 11 is 6.42. The predicted octanol–water partition coefficient (Wildman–Crippen LogP) is 4.08. The van der Waals surface area contributed by atoms with Gasteiger partial charge in [0.25, 0.3) is 0 Å². The molecule has 3 N–H and O–H groups in total. The van der Waals surface area contributed by atoms with Crippen LogP contribution in [0.15, 0.2) is 42.5 Å². The van der Waals surface area contributed by atoms with Gasteiger partial charge in [-0.1, -0.05) is 23.7 Å². The highest BCUT2D eigenvalue weighted by molar-refractivity contribution is 6.38. The summed E-state index contributed by atoms with van der Waals surface area (Å²) in [5, 5.41) is 1.69. The third-order valence-electron chi connectivity index (χ3n) is 3.14. The number of methoxy groups -OCH3 is 1. The highest BCUT2D eigenvalue weighted by Crippen LogP contribution is 2.35. The Hall–Kier alpha value is -2.13. The van der Waals surface area contributed by atoms with Gasteiger partial charge in [0.1, 0.15) is 5.75 Å². The van der Waals surface area contributed by atoms with Crippen molar-refractivity contribution in [2.45, 2.75) is 0 Å². The average Bonchev–Trinajstić information content (AvgIpc) is 2.76. The van der Waals surface area contributed by atoms with E-state index in [1.807, 2.05) is 42.5 Å². The first kappa shape index (κ1) is 11.9. The molecule has 0 aliphatic carbocycles. The Labute approximate surface area is 116 Å². The molecule has 1 heterocycles. The summed E-state index contributed by atoms with van der Waals surface area (Å²) in [5.74, 6) is 0.800. The summed E-state index contributed by atoms with van der Waals surface area (Å²) in [6.45, 7) is 0. The zero-order valence-corrected chi connectivity index (χ0v) is 11.2. The lowest BCUT2D eigenvalue weighted by Crippen LogP contribution is -1.84. The summed E-state index contributed by atoms with van der Waals surface area (Å²) in [5.41, 5.74) is 9.29. The van der Waals surface area contributed by atoms with E-state index in [4.69, 9.17) is 22.1 Å². The number of halogens is 1. The first-order valence-electron chi connectivity index (χ1n) is 5.90. The van der Waals surface area contributed by atoms with Gasteiger partial charge in [-0.05, 0) is 29.8 Å². The molecular formula is C15H13ClN2O. The van der Waals surface area contributed by atoms with Gasteiger partial charge in [0, 0.05) is 17.1 Å².